The zero-order valence-electron chi connectivity index (χ0n) is 9.14. The van der Waals surface area contributed by atoms with E-state index in [1.165, 1.54) is 25.7 Å². The van der Waals surface area contributed by atoms with Crippen LogP contribution >= 0.6 is 0 Å². The van der Waals surface area contributed by atoms with Gasteiger partial charge >= 0.3 is 0 Å². The molecule has 13 heavy (non-hydrogen) atoms. The summed E-state index contributed by atoms with van der Waals surface area (Å²) in [6.07, 6.45) is 9.74. The summed E-state index contributed by atoms with van der Waals surface area (Å²) in [6, 6.07) is 0. The maximum Gasteiger partial charge on any atom is 0.111 e. The number of unbranched alkanes of at least 4 members (excludes halogenated alkanes) is 4. The van der Waals surface area contributed by atoms with Gasteiger partial charge in [-0.05, 0) is 38.8 Å². The van der Waals surface area contributed by atoms with Gasteiger partial charge in [0.05, 0.1) is 0 Å². The Labute approximate surface area is 82.2 Å². The third kappa shape index (κ3) is 9.19. The molecule has 0 atom stereocenters. The van der Waals surface area contributed by atoms with Gasteiger partial charge in [0, 0.05) is 0 Å². The molecule has 1 heteroatoms. The van der Waals surface area contributed by atoms with Crippen LogP contribution in [-0.4, -0.2) is 5.11 Å². The van der Waals surface area contributed by atoms with Crippen LogP contribution in [0.5, 0.6) is 0 Å². The largest absolute Gasteiger partial charge is 0.508 e. The van der Waals surface area contributed by atoms with Crippen LogP contribution in [0.1, 0.15) is 52.9 Å². The summed E-state index contributed by atoms with van der Waals surface area (Å²) in [5, 5.41) is 9.36. The predicted octanol–water partition coefficient (Wildman–Crippen LogP) is 4.36. The molecule has 0 radical (unpaired) electrons. The zero-order chi connectivity index (χ0) is 10.1. The minimum absolute atomic E-state index is 0.413. The van der Waals surface area contributed by atoms with E-state index in [4.69, 9.17) is 0 Å². The highest BCUT2D eigenvalue weighted by Crippen LogP contribution is 2.06. The molecule has 0 saturated heterocycles. The van der Waals surface area contributed by atoms with Gasteiger partial charge < -0.3 is 5.11 Å². The van der Waals surface area contributed by atoms with Gasteiger partial charge in [0.25, 0.3) is 0 Å². The summed E-state index contributed by atoms with van der Waals surface area (Å²) >= 11 is 0. The van der Waals surface area contributed by atoms with Gasteiger partial charge in [-0.1, -0.05) is 31.8 Å². The number of aliphatic hydroxyl groups excluding tert-OH is 1. The number of hydrogen-bond donors (Lipinski definition) is 1. The molecule has 1 nitrogen and oxygen atoms in total. The average molecular weight is 182 g/mol. The molecule has 0 fully saturated rings. The lowest BCUT2D eigenvalue weighted by Gasteiger charge is -1.96. The molecule has 0 rings (SSSR count). The van der Waals surface area contributed by atoms with Crippen LogP contribution in [0.3, 0.4) is 0 Å². The van der Waals surface area contributed by atoms with Crippen molar-refractivity contribution in [3.8, 4) is 0 Å². The topological polar surface area (TPSA) is 20.2 Å². The summed E-state index contributed by atoms with van der Waals surface area (Å²) in [4.78, 5) is 0. The maximum atomic E-state index is 9.36. The highest BCUT2D eigenvalue weighted by molar-refractivity contribution is 5.14. The van der Waals surface area contributed by atoms with Crippen LogP contribution < -0.4 is 0 Å². The molecule has 0 unspecified atom stereocenters. The molecular weight excluding hydrogens is 160 g/mol. The number of rotatable bonds is 6. The van der Waals surface area contributed by atoms with Gasteiger partial charge in [0.1, 0.15) is 5.76 Å². The Balaban J connectivity index is 3.54. The molecule has 0 aliphatic rings. The van der Waals surface area contributed by atoms with Gasteiger partial charge in [-0.2, -0.15) is 0 Å². The fourth-order valence-electron chi connectivity index (χ4n) is 1.18. The van der Waals surface area contributed by atoms with E-state index in [1.807, 2.05) is 19.9 Å². The number of hydrogen-bond acceptors (Lipinski definition) is 1. The Bertz CT molecular complexity index is 174. The van der Waals surface area contributed by atoms with E-state index < -0.39 is 0 Å². The molecule has 0 aliphatic heterocycles. The van der Waals surface area contributed by atoms with E-state index in [1.54, 1.807) is 6.08 Å². The lowest BCUT2D eigenvalue weighted by molar-refractivity contribution is 0.428. The molecule has 0 aliphatic carbocycles. The van der Waals surface area contributed by atoms with Crippen molar-refractivity contribution in [1.82, 2.24) is 0 Å². The van der Waals surface area contributed by atoms with Gasteiger partial charge in [-0.3, -0.25) is 0 Å². The van der Waals surface area contributed by atoms with Gasteiger partial charge in [0.15, 0.2) is 0 Å². The first-order valence-corrected chi connectivity index (χ1v) is 5.20. The van der Waals surface area contributed by atoms with Crippen molar-refractivity contribution in [2.45, 2.75) is 52.9 Å². The standard InChI is InChI=1S/C12H22O/c1-4-5-6-7-8-9-12(13)10-11(2)3/h9-10,13H,4-8H2,1-3H3. The Hall–Kier alpha value is -0.720. The van der Waals surface area contributed by atoms with Crippen molar-refractivity contribution in [1.29, 1.82) is 0 Å². The lowest BCUT2D eigenvalue weighted by atomic mass is 10.1. The summed E-state index contributed by atoms with van der Waals surface area (Å²) in [7, 11) is 0. The molecule has 0 saturated carbocycles. The van der Waals surface area contributed by atoms with E-state index >= 15 is 0 Å². The molecule has 1 N–H and O–H groups in total. The van der Waals surface area contributed by atoms with E-state index in [0.717, 1.165) is 12.0 Å². The van der Waals surface area contributed by atoms with Crippen molar-refractivity contribution in [3.05, 3.63) is 23.5 Å². The normalized spacial score (nSPS) is 11.5. The fourth-order valence-corrected chi connectivity index (χ4v) is 1.18. The van der Waals surface area contributed by atoms with Crippen LogP contribution in [0.4, 0.5) is 0 Å². The Kier molecular flexibility index (Phi) is 7.47. The highest BCUT2D eigenvalue weighted by Gasteiger charge is 1.88. The Morgan fingerprint density at radius 1 is 1.15 bits per heavy atom. The second-order valence-electron chi connectivity index (χ2n) is 3.70. The quantitative estimate of drug-likeness (QED) is 0.367. The smallest absolute Gasteiger partial charge is 0.111 e. The summed E-state index contributed by atoms with van der Waals surface area (Å²) in [6.45, 7) is 6.18. The third-order valence-corrected chi connectivity index (χ3v) is 1.85. The van der Waals surface area contributed by atoms with Crippen LogP contribution in [0.25, 0.3) is 0 Å². The maximum absolute atomic E-state index is 9.36. The summed E-state index contributed by atoms with van der Waals surface area (Å²) in [5.41, 5.74) is 1.14. The van der Waals surface area contributed by atoms with Crippen molar-refractivity contribution < 1.29 is 5.11 Å². The van der Waals surface area contributed by atoms with Gasteiger partial charge in [-0.15, -0.1) is 0 Å². The molecule has 76 valence electrons. The summed E-state index contributed by atoms with van der Waals surface area (Å²) < 4.78 is 0. The van der Waals surface area contributed by atoms with E-state index in [2.05, 4.69) is 6.92 Å². The highest BCUT2D eigenvalue weighted by atomic mass is 16.3. The van der Waals surface area contributed by atoms with Crippen molar-refractivity contribution in [3.63, 3.8) is 0 Å². The van der Waals surface area contributed by atoms with Crippen LogP contribution in [0.2, 0.25) is 0 Å². The Morgan fingerprint density at radius 3 is 2.38 bits per heavy atom. The average Bonchev–Trinajstić information content (AvgIpc) is 2.02. The summed E-state index contributed by atoms with van der Waals surface area (Å²) in [5.74, 6) is 0.413. The third-order valence-electron chi connectivity index (χ3n) is 1.85. The molecule has 0 bridgehead atoms. The van der Waals surface area contributed by atoms with E-state index in [9.17, 15) is 5.11 Å². The fraction of sp³-hybridized carbons (Fsp3) is 0.667. The molecule has 0 heterocycles. The first-order valence-electron chi connectivity index (χ1n) is 5.20. The second kappa shape index (κ2) is 7.90. The van der Waals surface area contributed by atoms with E-state index in [0.29, 0.717) is 5.76 Å². The molecule has 0 spiro atoms. The van der Waals surface area contributed by atoms with Crippen molar-refractivity contribution in [2.75, 3.05) is 0 Å². The minimum atomic E-state index is 0.413. The first kappa shape index (κ1) is 12.3. The van der Waals surface area contributed by atoms with Gasteiger partial charge in [-0.25, -0.2) is 0 Å². The second-order valence-corrected chi connectivity index (χ2v) is 3.70. The monoisotopic (exact) mass is 182 g/mol. The van der Waals surface area contributed by atoms with E-state index in [-0.39, 0.29) is 0 Å². The Morgan fingerprint density at radius 2 is 1.85 bits per heavy atom. The van der Waals surface area contributed by atoms with Gasteiger partial charge in [0.2, 0.25) is 0 Å². The first-order chi connectivity index (χ1) is 6.16. The molecular formula is C12H22O. The predicted molar refractivity (Wildman–Crippen MR) is 58.9 cm³/mol. The van der Waals surface area contributed by atoms with Crippen molar-refractivity contribution >= 4 is 0 Å². The molecule has 0 amide bonds. The molecule has 0 aromatic carbocycles. The zero-order valence-corrected chi connectivity index (χ0v) is 9.14. The van der Waals surface area contributed by atoms with Crippen LogP contribution in [-0.2, 0) is 0 Å². The number of aliphatic hydroxyl groups is 1. The van der Waals surface area contributed by atoms with Crippen molar-refractivity contribution in [2.24, 2.45) is 0 Å². The van der Waals surface area contributed by atoms with Crippen LogP contribution in [0.15, 0.2) is 23.5 Å². The minimum Gasteiger partial charge on any atom is -0.508 e. The molecule has 0 aromatic rings. The van der Waals surface area contributed by atoms with Crippen LogP contribution in [0, 0.1) is 0 Å². The SMILES string of the molecule is CCCCCCC=C(O)C=C(C)C. The lowest BCUT2D eigenvalue weighted by Crippen LogP contribution is -1.79. The molecule has 0 aromatic heterocycles. The number of allylic oxidation sites excluding steroid dienone is 3.